The van der Waals surface area contributed by atoms with Crippen LogP contribution < -0.4 is 4.74 Å². The quantitative estimate of drug-likeness (QED) is 0.777. The van der Waals surface area contributed by atoms with Crippen LogP contribution in [0.1, 0.15) is 18.7 Å². The monoisotopic (exact) mass is 401 g/mol. The van der Waals surface area contributed by atoms with Gasteiger partial charge in [-0.25, -0.2) is 0 Å². The van der Waals surface area contributed by atoms with Crippen molar-refractivity contribution in [2.75, 3.05) is 33.4 Å². The Hall–Kier alpha value is -2.94. The lowest BCUT2D eigenvalue weighted by Gasteiger charge is -2.33. The summed E-state index contributed by atoms with van der Waals surface area (Å²) in [5.41, 5.74) is -0.182. The molecule has 9 heteroatoms. The molecule has 154 valence electrons. The van der Waals surface area contributed by atoms with E-state index in [0.717, 1.165) is 0 Å². The maximum atomic E-state index is 12.7. The van der Waals surface area contributed by atoms with Gasteiger partial charge >= 0.3 is 5.97 Å². The van der Waals surface area contributed by atoms with Gasteiger partial charge in [-0.05, 0) is 18.6 Å². The van der Waals surface area contributed by atoms with Crippen LogP contribution in [0.15, 0.2) is 28.8 Å². The molecule has 0 saturated carbocycles. The number of carboxylic acid groups (broad SMARTS) is 1. The van der Waals surface area contributed by atoms with Crippen molar-refractivity contribution in [1.29, 1.82) is 0 Å². The molecule has 0 radical (unpaired) electrons. The second kappa shape index (κ2) is 7.82. The van der Waals surface area contributed by atoms with Gasteiger partial charge in [0.25, 0.3) is 0 Å². The van der Waals surface area contributed by atoms with Crippen molar-refractivity contribution in [2.24, 2.45) is 11.3 Å². The van der Waals surface area contributed by atoms with Crippen LogP contribution in [0.4, 0.5) is 0 Å². The molecule has 0 bridgehead atoms. The van der Waals surface area contributed by atoms with E-state index in [-0.39, 0.29) is 24.8 Å². The summed E-state index contributed by atoms with van der Waals surface area (Å²) in [7, 11) is 1.57. The van der Waals surface area contributed by atoms with Gasteiger partial charge < -0.3 is 24.0 Å². The Bertz CT molecular complexity index is 913. The number of para-hydroxylation sites is 1. The molecule has 1 aromatic heterocycles. The summed E-state index contributed by atoms with van der Waals surface area (Å²) in [5, 5.41) is 13.7. The average molecular weight is 401 g/mol. The molecule has 2 aliphatic heterocycles. The first-order chi connectivity index (χ1) is 14.0. The molecule has 0 spiro atoms. The number of likely N-dealkylation sites (tertiary alicyclic amines) is 1. The first-order valence-electron chi connectivity index (χ1n) is 9.58. The molecule has 0 unspecified atom stereocenters. The van der Waals surface area contributed by atoms with E-state index in [1.54, 1.807) is 12.0 Å². The van der Waals surface area contributed by atoms with Crippen LogP contribution in [0.2, 0.25) is 0 Å². The smallest absolute Gasteiger partial charge is 0.311 e. The largest absolute Gasteiger partial charge is 0.496 e. The molecule has 3 heterocycles. The first kappa shape index (κ1) is 19.4. The Morgan fingerprint density at radius 2 is 2.21 bits per heavy atom. The van der Waals surface area contributed by atoms with Gasteiger partial charge in [0.1, 0.15) is 5.75 Å². The molecule has 1 amide bonds. The highest BCUT2D eigenvalue weighted by atomic mass is 16.5. The zero-order valence-electron chi connectivity index (χ0n) is 16.2. The molecule has 0 aliphatic carbocycles. The molecule has 2 atom stereocenters. The number of carbonyl (C=O) groups is 2. The van der Waals surface area contributed by atoms with Crippen LogP contribution in [0, 0.1) is 11.3 Å². The van der Waals surface area contributed by atoms with Crippen molar-refractivity contribution in [3.63, 3.8) is 0 Å². The third kappa shape index (κ3) is 3.57. The normalized spacial score (nSPS) is 23.6. The number of hydrogen-bond acceptors (Lipinski definition) is 7. The molecule has 2 aromatic rings. The number of rotatable bonds is 6. The topological polar surface area (TPSA) is 115 Å². The van der Waals surface area contributed by atoms with Gasteiger partial charge in [0, 0.05) is 38.5 Å². The SMILES string of the molecule is COc1ccccc1-c1noc(CCC(=O)N2C[C@@H]3COCC[C@]3(C(=O)O)C2)n1. The molecule has 2 fully saturated rings. The predicted molar refractivity (Wildman–Crippen MR) is 100 cm³/mol. The first-order valence-corrected chi connectivity index (χ1v) is 9.58. The van der Waals surface area contributed by atoms with Crippen molar-refractivity contribution >= 4 is 11.9 Å². The molecule has 2 saturated heterocycles. The third-order valence-electron chi connectivity index (χ3n) is 5.85. The number of nitrogens with zero attached hydrogens (tertiary/aromatic N) is 3. The number of fused-ring (bicyclic) bond motifs is 1. The number of aliphatic carboxylic acids is 1. The average Bonchev–Trinajstić information content (AvgIpc) is 3.37. The number of aryl methyl sites for hydroxylation is 1. The van der Waals surface area contributed by atoms with E-state index in [1.165, 1.54) is 0 Å². The molecule has 9 nitrogen and oxygen atoms in total. The highest BCUT2D eigenvalue weighted by Gasteiger charge is 2.54. The highest BCUT2D eigenvalue weighted by molar-refractivity contribution is 5.81. The van der Waals surface area contributed by atoms with E-state index >= 15 is 0 Å². The molecule has 29 heavy (non-hydrogen) atoms. The lowest BCUT2D eigenvalue weighted by molar-refractivity contribution is -0.157. The van der Waals surface area contributed by atoms with Gasteiger partial charge in [-0.1, -0.05) is 17.3 Å². The fourth-order valence-corrected chi connectivity index (χ4v) is 4.16. The number of hydrogen-bond donors (Lipinski definition) is 1. The second-order valence-corrected chi connectivity index (χ2v) is 7.47. The van der Waals surface area contributed by atoms with Crippen LogP contribution in [0.3, 0.4) is 0 Å². The Morgan fingerprint density at radius 3 is 2.97 bits per heavy atom. The summed E-state index contributed by atoms with van der Waals surface area (Å²) < 4.78 is 16.0. The van der Waals surface area contributed by atoms with Gasteiger partial charge in [0.15, 0.2) is 0 Å². The van der Waals surface area contributed by atoms with Crippen LogP contribution in [-0.2, 0) is 20.7 Å². The number of aromatic nitrogens is 2. The number of carboxylic acids is 1. The number of benzene rings is 1. The lowest BCUT2D eigenvalue weighted by atomic mass is 9.74. The highest BCUT2D eigenvalue weighted by Crippen LogP contribution is 2.42. The standard InChI is InChI=1S/C20H23N3O6/c1-27-15-5-3-2-4-14(15)18-21-16(29-22-18)6-7-17(24)23-10-13-11-28-9-8-20(13,12-23)19(25)26/h2-5,13H,6-12H2,1H3,(H,25,26)/t13-,20+/m1/s1. The van der Waals surface area contributed by atoms with E-state index in [9.17, 15) is 14.7 Å². The molecule has 4 rings (SSSR count). The van der Waals surface area contributed by atoms with E-state index in [4.69, 9.17) is 14.0 Å². The fraction of sp³-hybridized carbons (Fsp3) is 0.500. The van der Waals surface area contributed by atoms with Gasteiger partial charge in [-0.3, -0.25) is 9.59 Å². The molecule has 1 N–H and O–H groups in total. The molecule has 1 aromatic carbocycles. The van der Waals surface area contributed by atoms with Crippen molar-refractivity contribution in [3.8, 4) is 17.1 Å². The van der Waals surface area contributed by atoms with Gasteiger partial charge in [-0.2, -0.15) is 4.98 Å². The van der Waals surface area contributed by atoms with Crippen molar-refractivity contribution in [2.45, 2.75) is 19.3 Å². The zero-order valence-corrected chi connectivity index (χ0v) is 16.2. The predicted octanol–water partition coefficient (Wildman–Crippen LogP) is 1.63. The summed E-state index contributed by atoms with van der Waals surface area (Å²) in [6.45, 7) is 1.42. The minimum atomic E-state index is -0.893. The third-order valence-corrected chi connectivity index (χ3v) is 5.85. The molecule has 2 aliphatic rings. The molecular weight excluding hydrogens is 378 g/mol. The fourth-order valence-electron chi connectivity index (χ4n) is 4.16. The number of ether oxygens (including phenoxy) is 2. The molecular formula is C20H23N3O6. The maximum absolute atomic E-state index is 12.7. The van der Waals surface area contributed by atoms with Crippen LogP contribution in [-0.4, -0.2) is 65.4 Å². The van der Waals surface area contributed by atoms with Gasteiger partial charge in [-0.15, -0.1) is 0 Å². The van der Waals surface area contributed by atoms with Crippen LogP contribution >= 0.6 is 0 Å². The maximum Gasteiger partial charge on any atom is 0.311 e. The minimum Gasteiger partial charge on any atom is -0.496 e. The zero-order chi connectivity index (χ0) is 20.4. The van der Waals surface area contributed by atoms with Crippen LogP contribution in [0.5, 0.6) is 5.75 Å². The Kier molecular flexibility index (Phi) is 5.23. The summed E-state index contributed by atoms with van der Waals surface area (Å²) in [4.78, 5) is 30.5. The summed E-state index contributed by atoms with van der Waals surface area (Å²) in [6.07, 6.45) is 0.901. The second-order valence-electron chi connectivity index (χ2n) is 7.47. The van der Waals surface area contributed by atoms with E-state index in [0.29, 0.717) is 55.6 Å². The lowest BCUT2D eigenvalue weighted by Crippen LogP contribution is -2.45. The number of carbonyl (C=O) groups excluding carboxylic acids is 1. The Balaban J connectivity index is 1.39. The number of methoxy groups -OCH3 is 1. The van der Waals surface area contributed by atoms with Gasteiger partial charge in [0.2, 0.25) is 17.6 Å². The van der Waals surface area contributed by atoms with Gasteiger partial charge in [0.05, 0.1) is 24.7 Å². The van der Waals surface area contributed by atoms with E-state index in [2.05, 4.69) is 10.1 Å². The number of amides is 1. The minimum absolute atomic E-state index is 0.114. The van der Waals surface area contributed by atoms with Crippen molar-refractivity contribution < 1.29 is 28.7 Å². The van der Waals surface area contributed by atoms with Crippen molar-refractivity contribution in [1.82, 2.24) is 15.0 Å². The van der Waals surface area contributed by atoms with Crippen LogP contribution in [0.25, 0.3) is 11.4 Å². The van der Waals surface area contributed by atoms with E-state index in [1.807, 2.05) is 24.3 Å². The summed E-state index contributed by atoms with van der Waals surface area (Å²) >= 11 is 0. The summed E-state index contributed by atoms with van der Waals surface area (Å²) in [6, 6.07) is 7.35. The van der Waals surface area contributed by atoms with E-state index < -0.39 is 11.4 Å². The Labute approximate surface area is 167 Å². The summed E-state index contributed by atoms with van der Waals surface area (Å²) in [5.74, 6) is 0.262. The van der Waals surface area contributed by atoms with Crippen molar-refractivity contribution in [3.05, 3.63) is 30.2 Å². The Morgan fingerprint density at radius 1 is 1.38 bits per heavy atom.